The molecular formula is C12H12N2O3. The van der Waals surface area contributed by atoms with Gasteiger partial charge in [-0.3, -0.25) is 14.4 Å². The molecule has 2 N–H and O–H groups in total. The van der Waals surface area contributed by atoms with Crippen molar-refractivity contribution in [2.24, 2.45) is 11.7 Å². The lowest BCUT2D eigenvalue weighted by molar-refractivity contribution is -0.121. The highest BCUT2D eigenvalue weighted by molar-refractivity contribution is 6.52. The number of ketones is 1. The third-order valence-corrected chi connectivity index (χ3v) is 2.82. The number of hydrogen-bond donors (Lipinski definition) is 1. The fraction of sp³-hybridized carbons (Fsp3) is 0.250. The van der Waals surface area contributed by atoms with Crippen molar-refractivity contribution in [3.05, 3.63) is 29.8 Å². The van der Waals surface area contributed by atoms with E-state index in [9.17, 15) is 14.4 Å². The van der Waals surface area contributed by atoms with E-state index in [-0.39, 0.29) is 6.54 Å². The molecule has 0 radical (unpaired) electrons. The van der Waals surface area contributed by atoms with Crippen LogP contribution < -0.4 is 10.6 Å². The Morgan fingerprint density at radius 1 is 1.35 bits per heavy atom. The summed E-state index contributed by atoms with van der Waals surface area (Å²) in [6, 6.07) is 6.73. The van der Waals surface area contributed by atoms with Gasteiger partial charge in [-0.25, -0.2) is 0 Å². The van der Waals surface area contributed by atoms with Gasteiger partial charge in [0.1, 0.15) is 0 Å². The Hall–Kier alpha value is -2.17. The van der Waals surface area contributed by atoms with E-state index < -0.39 is 23.5 Å². The van der Waals surface area contributed by atoms with Gasteiger partial charge in [0.25, 0.3) is 11.7 Å². The van der Waals surface area contributed by atoms with Gasteiger partial charge in [-0.15, -0.1) is 0 Å². The quantitative estimate of drug-likeness (QED) is 0.763. The zero-order valence-electron chi connectivity index (χ0n) is 9.34. The van der Waals surface area contributed by atoms with Crippen LogP contribution in [0, 0.1) is 5.92 Å². The molecule has 5 nitrogen and oxygen atoms in total. The van der Waals surface area contributed by atoms with Crippen LogP contribution in [0.5, 0.6) is 0 Å². The van der Waals surface area contributed by atoms with Crippen molar-refractivity contribution in [1.29, 1.82) is 0 Å². The summed E-state index contributed by atoms with van der Waals surface area (Å²) in [5, 5.41) is 0. The molecule has 1 unspecified atom stereocenters. The number of para-hydroxylation sites is 1. The lowest BCUT2D eigenvalue weighted by Gasteiger charge is -2.19. The number of nitrogens with two attached hydrogens (primary N) is 1. The Labute approximate surface area is 98.2 Å². The van der Waals surface area contributed by atoms with Crippen LogP contribution in [-0.4, -0.2) is 24.1 Å². The van der Waals surface area contributed by atoms with Gasteiger partial charge in [-0.05, 0) is 12.1 Å². The molecule has 0 spiro atoms. The number of fused-ring (bicyclic) bond motifs is 1. The molecule has 0 bridgehead atoms. The van der Waals surface area contributed by atoms with Crippen molar-refractivity contribution in [2.75, 3.05) is 11.4 Å². The van der Waals surface area contributed by atoms with Crippen LogP contribution in [0.25, 0.3) is 0 Å². The standard InChI is InChI=1S/C12H12N2O3/c1-7(11(13)16)6-14-9-5-3-2-4-8(9)10(15)12(14)17/h2-5,7H,6H2,1H3,(H2,13,16). The first-order valence-electron chi connectivity index (χ1n) is 5.27. The van der Waals surface area contributed by atoms with Crippen molar-refractivity contribution in [3.8, 4) is 0 Å². The summed E-state index contributed by atoms with van der Waals surface area (Å²) in [6.45, 7) is 1.76. The van der Waals surface area contributed by atoms with Crippen LogP contribution in [0.1, 0.15) is 17.3 Å². The van der Waals surface area contributed by atoms with Crippen LogP contribution in [0.15, 0.2) is 24.3 Å². The number of primary amides is 1. The van der Waals surface area contributed by atoms with E-state index in [1.807, 2.05) is 0 Å². The normalized spacial score (nSPS) is 15.9. The zero-order chi connectivity index (χ0) is 12.6. The van der Waals surface area contributed by atoms with E-state index in [1.165, 1.54) is 4.90 Å². The number of amides is 2. The lowest BCUT2D eigenvalue weighted by atomic mass is 10.1. The molecule has 2 rings (SSSR count). The number of Topliss-reactive ketones (excluding diaryl/α,β-unsaturated/α-hetero) is 1. The van der Waals surface area contributed by atoms with Crippen LogP contribution in [0.2, 0.25) is 0 Å². The molecule has 1 aliphatic heterocycles. The zero-order valence-corrected chi connectivity index (χ0v) is 9.34. The van der Waals surface area contributed by atoms with Gasteiger partial charge in [0.05, 0.1) is 17.2 Å². The minimum absolute atomic E-state index is 0.136. The molecule has 2 amide bonds. The summed E-state index contributed by atoms with van der Waals surface area (Å²) in [5.74, 6) is -2.11. The Bertz CT molecular complexity index is 510. The highest BCUT2D eigenvalue weighted by Crippen LogP contribution is 2.28. The molecule has 17 heavy (non-hydrogen) atoms. The van der Waals surface area contributed by atoms with Crippen LogP contribution in [0.4, 0.5) is 5.69 Å². The van der Waals surface area contributed by atoms with Gasteiger partial charge in [0.15, 0.2) is 0 Å². The molecular weight excluding hydrogens is 220 g/mol. The number of rotatable bonds is 3. The van der Waals surface area contributed by atoms with Crippen LogP contribution >= 0.6 is 0 Å². The van der Waals surface area contributed by atoms with Crippen molar-refractivity contribution in [2.45, 2.75) is 6.92 Å². The summed E-state index contributed by atoms with van der Waals surface area (Å²) in [5.41, 5.74) is 6.09. The Morgan fingerprint density at radius 3 is 2.65 bits per heavy atom. The van der Waals surface area contributed by atoms with Crippen molar-refractivity contribution in [3.63, 3.8) is 0 Å². The maximum atomic E-state index is 11.7. The first-order chi connectivity index (χ1) is 8.02. The molecule has 0 saturated carbocycles. The minimum Gasteiger partial charge on any atom is -0.369 e. The third kappa shape index (κ3) is 1.80. The van der Waals surface area contributed by atoms with Crippen LogP contribution in [-0.2, 0) is 9.59 Å². The number of nitrogens with zero attached hydrogens (tertiary/aromatic N) is 1. The first kappa shape index (κ1) is 11.3. The number of carbonyl (C=O) groups is 3. The predicted octanol–water partition coefficient (Wildman–Crippen LogP) is 0.337. The number of benzene rings is 1. The highest BCUT2D eigenvalue weighted by atomic mass is 16.2. The van der Waals surface area contributed by atoms with E-state index in [0.717, 1.165) is 0 Å². The lowest BCUT2D eigenvalue weighted by Crippen LogP contribution is -2.38. The maximum Gasteiger partial charge on any atom is 0.299 e. The van der Waals surface area contributed by atoms with E-state index >= 15 is 0 Å². The fourth-order valence-electron chi connectivity index (χ4n) is 1.79. The molecule has 0 aromatic heterocycles. The summed E-state index contributed by atoms with van der Waals surface area (Å²) in [6.07, 6.45) is 0. The topological polar surface area (TPSA) is 80.5 Å². The van der Waals surface area contributed by atoms with Gasteiger partial charge in [0.2, 0.25) is 5.91 Å². The Morgan fingerprint density at radius 2 is 2.00 bits per heavy atom. The van der Waals surface area contributed by atoms with E-state index in [0.29, 0.717) is 11.3 Å². The van der Waals surface area contributed by atoms with E-state index in [4.69, 9.17) is 5.73 Å². The predicted molar refractivity (Wildman–Crippen MR) is 61.5 cm³/mol. The number of anilines is 1. The summed E-state index contributed by atoms with van der Waals surface area (Å²) < 4.78 is 0. The Balaban J connectivity index is 2.33. The highest BCUT2D eigenvalue weighted by Gasteiger charge is 2.36. The SMILES string of the molecule is CC(CN1C(=O)C(=O)c2ccccc21)C(N)=O. The maximum absolute atomic E-state index is 11.7. The van der Waals surface area contributed by atoms with Gasteiger partial charge in [-0.2, -0.15) is 0 Å². The van der Waals surface area contributed by atoms with Crippen molar-refractivity contribution >= 4 is 23.3 Å². The summed E-state index contributed by atoms with van der Waals surface area (Å²) in [4.78, 5) is 35.7. The second kappa shape index (κ2) is 4.01. The van der Waals surface area contributed by atoms with Gasteiger partial charge < -0.3 is 10.6 Å². The van der Waals surface area contributed by atoms with Gasteiger partial charge in [0, 0.05) is 6.54 Å². The minimum atomic E-state index is -0.598. The molecule has 1 heterocycles. The largest absolute Gasteiger partial charge is 0.369 e. The summed E-state index contributed by atoms with van der Waals surface area (Å²) in [7, 11) is 0. The van der Waals surface area contributed by atoms with E-state index in [2.05, 4.69) is 0 Å². The number of hydrogen-bond acceptors (Lipinski definition) is 3. The van der Waals surface area contributed by atoms with E-state index in [1.54, 1.807) is 31.2 Å². The molecule has 0 saturated heterocycles. The smallest absolute Gasteiger partial charge is 0.299 e. The molecule has 5 heteroatoms. The fourth-order valence-corrected chi connectivity index (χ4v) is 1.79. The average molecular weight is 232 g/mol. The number of carbonyl (C=O) groups excluding carboxylic acids is 3. The Kier molecular flexibility index (Phi) is 2.67. The summed E-state index contributed by atoms with van der Waals surface area (Å²) >= 11 is 0. The average Bonchev–Trinajstić information content (AvgIpc) is 2.55. The molecule has 1 atom stereocenters. The second-order valence-corrected chi connectivity index (χ2v) is 4.07. The van der Waals surface area contributed by atoms with Crippen molar-refractivity contribution in [1.82, 2.24) is 0 Å². The molecule has 1 aliphatic rings. The van der Waals surface area contributed by atoms with Gasteiger partial charge >= 0.3 is 0 Å². The molecule has 0 fully saturated rings. The second-order valence-electron chi connectivity index (χ2n) is 4.07. The third-order valence-electron chi connectivity index (χ3n) is 2.82. The molecule has 1 aromatic carbocycles. The van der Waals surface area contributed by atoms with Crippen molar-refractivity contribution < 1.29 is 14.4 Å². The monoisotopic (exact) mass is 232 g/mol. The molecule has 88 valence electrons. The first-order valence-corrected chi connectivity index (χ1v) is 5.27. The van der Waals surface area contributed by atoms with Gasteiger partial charge in [-0.1, -0.05) is 19.1 Å². The van der Waals surface area contributed by atoms with Crippen LogP contribution in [0.3, 0.4) is 0 Å². The molecule has 1 aromatic rings. The molecule has 0 aliphatic carbocycles.